The van der Waals surface area contributed by atoms with E-state index in [0.717, 1.165) is 19.3 Å². The van der Waals surface area contributed by atoms with Crippen LogP contribution in [0.2, 0.25) is 0 Å². The summed E-state index contributed by atoms with van der Waals surface area (Å²) in [4.78, 5) is 0. The van der Waals surface area contributed by atoms with Gasteiger partial charge in [-0.15, -0.1) is 7.26 Å². The van der Waals surface area contributed by atoms with E-state index in [-0.39, 0.29) is 5.25 Å². The third-order valence-electron chi connectivity index (χ3n) is 2.34. The van der Waals surface area contributed by atoms with Crippen LogP contribution in [0.25, 0.3) is 0 Å². The van der Waals surface area contributed by atoms with Crippen LogP contribution in [-0.4, -0.2) is 17.9 Å². The Morgan fingerprint density at radius 2 is 2.08 bits per heavy atom. The maximum absolute atomic E-state index is 11.5. The average molecular weight is 228 g/mol. The Hall–Kier alpha value is 0.0200. The zero-order valence-corrected chi connectivity index (χ0v) is 8.88. The van der Waals surface area contributed by atoms with Crippen molar-refractivity contribution in [3.8, 4) is 0 Å². The molecule has 78 valence electrons. The minimum Gasteiger partial charge on any atom is -0.232 e. The summed E-state index contributed by atoms with van der Waals surface area (Å²) in [6.45, 7) is 2.03. The van der Waals surface area contributed by atoms with Gasteiger partial charge in [0.05, 0.1) is 5.25 Å². The molecule has 2 fully saturated rings. The molecule has 2 rings (SSSR count). The van der Waals surface area contributed by atoms with Crippen LogP contribution in [-0.2, 0) is 28.2 Å². The number of thiol groups is 1. The standard InChI is InChI=1S/C6H12O5S2/c1-2-3-5-4-6(5)12(7)10-13(8,9)11-12/h5-6,12H,2-4H2,1H3/t5?,6-/m0/s1. The molecule has 0 aromatic carbocycles. The zero-order chi connectivity index (χ0) is 9.69. The Morgan fingerprint density at radius 1 is 1.46 bits per heavy atom. The Balaban J connectivity index is 1.95. The summed E-state index contributed by atoms with van der Waals surface area (Å²) in [5.41, 5.74) is 0. The number of hydrogen-bond acceptors (Lipinski definition) is 5. The first-order valence-electron chi connectivity index (χ1n) is 4.24. The van der Waals surface area contributed by atoms with Gasteiger partial charge in [-0.25, -0.2) is 4.21 Å². The summed E-state index contributed by atoms with van der Waals surface area (Å²) < 4.78 is 41.1. The highest BCUT2D eigenvalue weighted by molar-refractivity contribution is 8.14. The van der Waals surface area contributed by atoms with E-state index in [1.807, 2.05) is 6.92 Å². The van der Waals surface area contributed by atoms with Crippen molar-refractivity contribution < 1.29 is 19.9 Å². The third-order valence-corrected chi connectivity index (χ3v) is 6.91. The topological polar surface area (TPSA) is 69.7 Å². The van der Waals surface area contributed by atoms with Gasteiger partial charge in [-0.3, -0.25) is 0 Å². The fraction of sp³-hybridized carbons (Fsp3) is 1.00. The van der Waals surface area contributed by atoms with Crippen LogP contribution in [0.5, 0.6) is 0 Å². The van der Waals surface area contributed by atoms with Gasteiger partial charge in [0, 0.05) is 0 Å². The van der Waals surface area contributed by atoms with Gasteiger partial charge in [0.2, 0.25) is 0 Å². The van der Waals surface area contributed by atoms with Gasteiger partial charge in [-0.1, -0.05) is 13.3 Å². The Bertz CT molecular complexity index is 343. The molecule has 1 saturated heterocycles. The van der Waals surface area contributed by atoms with E-state index in [9.17, 15) is 12.6 Å². The van der Waals surface area contributed by atoms with E-state index in [2.05, 4.69) is 7.26 Å². The minimum atomic E-state index is -3.90. The van der Waals surface area contributed by atoms with Crippen molar-refractivity contribution in [2.45, 2.75) is 31.4 Å². The van der Waals surface area contributed by atoms with Crippen LogP contribution < -0.4 is 0 Å². The van der Waals surface area contributed by atoms with Gasteiger partial charge >= 0.3 is 10.4 Å². The molecule has 7 heteroatoms. The van der Waals surface area contributed by atoms with Crippen molar-refractivity contribution in [1.29, 1.82) is 0 Å². The lowest BCUT2D eigenvalue weighted by atomic mass is 10.2. The van der Waals surface area contributed by atoms with Crippen molar-refractivity contribution in [3.05, 3.63) is 0 Å². The normalized spacial score (nSPS) is 41.9. The first kappa shape index (κ1) is 9.57. The molecule has 0 amide bonds. The van der Waals surface area contributed by atoms with Gasteiger partial charge in [0.25, 0.3) is 0 Å². The fourth-order valence-corrected chi connectivity index (χ4v) is 5.83. The summed E-state index contributed by atoms with van der Waals surface area (Å²) in [6.07, 6.45) is 2.73. The maximum Gasteiger partial charge on any atom is 0.426 e. The molecular formula is C6H12O5S2. The highest BCUT2D eigenvalue weighted by Crippen LogP contribution is 2.50. The van der Waals surface area contributed by atoms with Gasteiger partial charge < -0.3 is 0 Å². The highest BCUT2D eigenvalue weighted by Gasteiger charge is 2.57. The van der Waals surface area contributed by atoms with E-state index >= 15 is 0 Å². The van der Waals surface area contributed by atoms with Crippen LogP contribution in [0.15, 0.2) is 0 Å². The van der Waals surface area contributed by atoms with Crippen molar-refractivity contribution >= 4 is 20.9 Å². The molecule has 1 saturated carbocycles. The summed E-state index contributed by atoms with van der Waals surface area (Å²) >= 11 is 0. The maximum atomic E-state index is 11.5. The molecule has 0 spiro atoms. The third kappa shape index (κ3) is 1.65. The molecule has 0 bridgehead atoms. The molecular weight excluding hydrogens is 216 g/mol. The molecule has 1 heterocycles. The van der Waals surface area contributed by atoms with E-state index in [1.165, 1.54) is 0 Å². The first-order chi connectivity index (χ1) is 5.97. The second-order valence-electron chi connectivity index (χ2n) is 3.45. The lowest BCUT2D eigenvalue weighted by Crippen LogP contribution is -2.41. The van der Waals surface area contributed by atoms with E-state index in [0.29, 0.717) is 5.92 Å². The predicted molar refractivity (Wildman–Crippen MR) is 47.4 cm³/mol. The van der Waals surface area contributed by atoms with Crippen LogP contribution in [0.1, 0.15) is 26.2 Å². The van der Waals surface area contributed by atoms with Crippen LogP contribution in [0, 0.1) is 5.92 Å². The molecule has 0 N–H and O–H groups in total. The van der Waals surface area contributed by atoms with Crippen LogP contribution in [0.3, 0.4) is 0 Å². The van der Waals surface area contributed by atoms with Gasteiger partial charge in [-0.2, -0.15) is 8.42 Å². The Labute approximate surface area is 78.6 Å². The molecule has 1 unspecified atom stereocenters. The SMILES string of the molecule is CCCC1C[C@@H]1[SH]1(=O)OS(=O)(=O)O1. The van der Waals surface area contributed by atoms with Crippen LogP contribution >= 0.6 is 0 Å². The number of hydrogen-bond donors (Lipinski definition) is 1. The van der Waals surface area contributed by atoms with E-state index in [4.69, 9.17) is 0 Å². The molecule has 5 nitrogen and oxygen atoms in total. The zero-order valence-electron chi connectivity index (χ0n) is 7.17. The number of rotatable bonds is 3. The second-order valence-corrected chi connectivity index (χ2v) is 7.20. The molecule has 2 aliphatic rings. The molecule has 2 atom stereocenters. The lowest BCUT2D eigenvalue weighted by Gasteiger charge is -2.30. The first-order valence-corrected chi connectivity index (χ1v) is 7.18. The fourth-order valence-electron chi connectivity index (χ4n) is 1.67. The van der Waals surface area contributed by atoms with Gasteiger partial charge in [0.15, 0.2) is 0 Å². The Morgan fingerprint density at radius 3 is 2.54 bits per heavy atom. The largest absolute Gasteiger partial charge is 0.426 e. The molecule has 1 aliphatic carbocycles. The Kier molecular flexibility index (Phi) is 2.03. The van der Waals surface area contributed by atoms with Crippen molar-refractivity contribution in [1.82, 2.24) is 0 Å². The van der Waals surface area contributed by atoms with Crippen molar-refractivity contribution in [2.24, 2.45) is 5.92 Å². The minimum absolute atomic E-state index is 0.170. The van der Waals surface area contributed by atoms with E-state index < -0.39 is 20.9 Å². The molecule has 0 aromatic heterocycles. The van der Waals surface area contributed by atoms with Gasteiger partial charge in [-0.05, 0) is 18.8 Å². The van der Waals surface area contributed by atoms with Crippen molar-refractivity contribution in [2.75, 3.05) is 0 Å². The van der Waals surface area contributed by atoms with Gasteiger partial charge in [0.1, 0.15) is 10.5 Å². The predicted octanol–water partition coefficient (Wildman–Crippen LogP) is 0.313. The lowest BCUT2D eigenvalue weighted by molar-refractivity contribution is 0.312. The molecule has 1 aliphatic heterocycles. The summed E-state index contributed by atoms with van der Waals surface area (Å²) in [5.74, 6) is 0.325. The molecule has 13 heavy (non-hydrogen) atoms. The smallest absolute Gasteiger partial charge is 0.232 e. The molecule has 0 aromatic rings. The van der Waals surface area contributed by atoms with Crippen LogP contribution in [0.4, 0.5) is 0 Å². The monoisotopic (exact) mass is 228 g/mol. The molecule has 0 radical (unpaired) electrons. The summed E-state index contributed by atoms with van der Waals surface area (Å²) in [6, 6.07) is 0. The van der Waals surface area contributed by atoms with E-state index in [1.54, 1.807) is 0 Å². The quantitative estimate of drug-likeness (QED) is 0.704. The summed E-state index contributed by atoms with van der Waals surface area (Å²) in [5, 5.41) is -0.170. The highest BCUT2D eigenvalue weighted by atomic mass is 32.4. The second kappa shape index (κ2) is 2.75. The van der Waals surface area contributed by atoms with Crippen molar-refractivity contribution in [3.63, 3.8) is 0 Å². The average Bonchev–Trinajstić information content (AvgIpc) is 2.63. The summed E-state index contributed by atoms with van der Waals surface area (Å²) in [7, 11) is -7.14.